The van der Waals surface area contributed by atoms with Crippen LogP contribution in [0, 0.1) is 12.3 Å². The zero-order chi connectivity index (χ0) is 16.0. The molecule has 118 valence electrons. The largest absolute Gasteiger partial charge is 0.392 e. The van der Waals surface area contributed by atoms with Gasteiger partial charge in [-0.2, -0.15) is 0 Å². The molecule has 1 aromatic heterocycles. The Morgan fingerprint density at radius 2 is 1.95 bits per heavy atom. The molecule has 0 aromatic carbocycles. The van der Waals surface area contributed by atoms with Gasteiger partial charge in [-0.25, -0.2) is 0 Å². The molecule has 1 atom stereocenters. The fourth-order valence-electron chi connectivity index (χ4n) is 2.66. The predicted octanol–water partition coefficient (Wildman–Crippen LogP) is 4.11. The normalized spacial score (nSPS) is 13.0. The highest BCUT2D eigenvalue weighted by Crippen LogP contribution is 2.32. The lowest BCUT2D eigenvalue weighted by Gasteiger charge is -2.32. The van der Waals surface area contributed by atoms with Crippen LogP contribution < -0.4 is 11.1 Å². The molecular formula is C16H26N2OS2. The van der Waals surface area contributed by atoms with Gasteiger partial charge in [0.05, 0.1) is 16.4 Å². The number of thiophene rings is 1. The standard InChI is InChI=1S/C16H26N2OS2/c1-5-9-16(10-6-2,14(17)20)15(19)18-12(4)13-8-7-11(3)21-13/h7-8,12H,5-6,9-10H2,1-4H3,(H2,17,20)(H,18,19). The van der Waals surface area contributed by atoms with Crippen molar-refractivity contribution in [3.05, 3.63) is 21.9 Å². The van der Waals surface area contributed by atoms with Gasteiger partial charge < -0.3 is 11.1 Å². The molecule has 0 aliphatic carbocycles. The summed E-state index contributed by atoms with van der Waals surface area (Å²) >= 11 is 6.93. The fraction of sp³-hybridized carbons (Fsp3) is 0.625. The van der Waals surface area contributed by atoms with Crippen molar-refractivity contribution in [2.45, 2.75) is 59.4 Å². The second-order valence-electron chi connectivity index (χ2n) is 5.59. The third-order valence-electron chi connectivity index (χ3n) is 3.80. The minimum absolute atomic E-state index is 0.0152. The van der Waals surface area contributed by atoms with Crippen molar-refractivity contribution >= 4 is 34.5 Å². The van der Waals surface area contributed by atoms with Crippen LogP contribution >= 0.6 is 23.6 Å². The molecular weight excluding hydrogens is 300 g/mol. The van der Waals surface area contributed by atoms with Crippen molar-refractivity contribution in [2.24, 2.45) is 11.1 Å². The second-order valence-corrected chi connectivity index (χ2v) is 7.35. The third-order valence-corrected chi connectivity index (χ3v) is 5.37. The Balaban J connectivity index is 2.92. The number of aryl methyl sites for hydroxylation is 1. The maximum absolute atomic E-state index is 12.8. The molecule has 3 N–H and O–H groups in total. The summed E-state index contributed by atoms with van der Waals surface area (Å²) in [5, 5.41) is 3.11. The van der Waals surface area contributed by atoms with Crippen LogP contribution in [0.2, 0.25) is 0 Å². The fourth-order valence-corrected chi connectivity index (χ4v) is 3.83. The summed E-state index contributed by atoms with van der Waals surface area (Å²) in [4.78, 5) is 15.5. The summed E-state index contributed by atoms with van der Waals surface area (Å²) in [5.41, 5.74) is 5.23. The van der Waals surface area contributed by atoms with E-state index in [9.17, 15) is 4.79 Å². The monoisotopic (exact) mass is 326 g/mol. The summed E-state index contributed by atoms with van der Waals surface area (Å²) in [7, 11) is 0. The number of nitrogens with one attached hydrogen (secondary N) is 1. The van der Waals surface area contributed by atoms with Gasteiger partial charge in [0.2, 0.25) is 5.91 Å². The minimum Gasteiger partial charge on any atom is -0.392 e. The zero-order valence-electron chi connectivity index (χ0n) is 13.4. The number of hydrogen-bond acceptors (Lipinski definition) is 3. The van der Waals surface area contributed by atoms with Gasteiger partial charge in [-0.3, -0.25) is 4.79 Å². The van der Waals surface area contributed by atoms with E-state index >= 15 is 0 Å². The van der Waals surface area contributed by atoms with Crippen LogP contribution in [-0.2, 0) is 4.79 Å². The molecule has 0 aliphatic heterocycles. The summed E-state index contributed by atoms with van der Waals surface area (Å²) in [6.07, 6.45) is 3.19. The van der Waals surface area contributed by atoms with E-state index in [4.69, 9.17) is 18.0 Å². The third kappa shape index (κ3) is 4.27. The first-order valence-electron chi connectivity index (χ1n) is 7.54. The van der Waals surface area contributed by atoms with Gasteiger partial charge in [0.1, 0.15) is 0 Å². The molecule has 1 heterocycles. The van der Waals surface area contributed by atoms with Crippen LogP contribution in [0.15, 0.2) is 12.1 Å². The molecule has 1 amide bonds. The zero-order valence-corrected chi connectivity index (χ0v) is 15.0. The van der Waals surface area contributed by atoms with Crippen molar-refractivity contribution in [3.8, 4) is 0 Å². The van der Waals surface area contributed by atoms with Gasteiger partial charge in [-0.15, -0.1) is 11.3 Å². The molecule has 0 saturated heterocycles. The first-order chi connectivity index (χ1) is 9.87. The molecule has 21 heavy (non-hydrogen) atoms. The topological polar surface area (TPSA) is 55.1 Å². The summed E-state index contributed by atoms with van der Waals surface area (Å²) < 4.78 is 0. The number of carbonyl (C=O) groups excluding carboxylic acids is 1. The van der Waals surface area contributed by atoms with E-state index in [2.05, 4.69) is 38.2 Å². The van der Waals surface area contributed by atoms with Gasteiger partial charge in [0.15, 0.2) is 0 Å². The van der Waals surface area contributed by atoms with Gasteiger partial charge in [0, 0.05) is 9.75 Å². The number of carbonyl (C=O) groups is 1. The van der Waals surface area contributed by atoms with Crippen LogP contribution in [-0.4, -0.2) is 10.9 Å². The molecule has 0 aliphatic rings. The summed E-state index contributed by atoms with van der Waals surface area (Å²) in [5.74, 6) is -0.0303. The number of amides is 1. The molecule has 5 heteroatoms. The van der Waals surface area contributed by atoms with Gasteiger partial charge in [-0.1, -0.05) is 38.9 Å². The van der Waals surface area contributed by atoms with E-state index in [1.165, 1.54) is 4.88 Å². The average Bonchev–Trinajstić information content (AvgIpc) is 2.84. The lowest BCUT2D eigenvalue weighted by molar-refractivity contribution is -0.128. The Kier molecular flexibility index (Phi) is 6.81. The van der Waals surface area contributed by atoms with Crippen molar-refractivity contribution in [2.75, 3.05) is 0 Å². The van der Waals surface area contributed by atoms with E-state index in [0.717, 1.165) is 17.7 Å². The first kappa shape index (κ1) is 18.1. The highest BCUT2D eigenvalue weighted by molar-refractivity contribution is 7.80. The van der Waals surface area contributed by atoms with Crippen LogP contribution in [0.4, 0.5) is 0 Å². The smallest absolute Gasteiger partial charge is 0.233 e. The van der Waals surface area contributed by atoms with Crippen LogP contribution in [0.1, 0.15) is 62.3 Å². The van der Waals surface area contributed by atoms with Gasteiger partial charge in [-0.05, 0) is 38.8 Å². The predicted molar refractivity (Wildman–Crippen MR) is 94.6 cm³/mol. The van der Waals surface area contributed by atoms with E-state index < -0.39 is 5.41 Å². The molecule has 0 fully saturated rings. The highest BCUT2D eigenvalue weighted by atomic mass is 32.1. The minimum atomic E-state index is -0.709. The maximum atomic E-state index is 12.8. The van der Waals surface area contributed by atoms with Crippen LogP contribution in [0.3, 0.4) is 0 Å². The Bertz CT molecular complexity index is 490. The van der Waals surface area contributed by atoms with Gasteiger partial charge in [0.25, 0.3) is 0 Å². The van der Waals surface area contributed by atoms with Gasteiger partial charge >= 0.3 is 0 Å². The quantitative estimate of drug-likeness (QED) is 0.707. The molecule has 0 saturated carbocycles. The van der Waals surface area contributed by atoms with Crippen molar-refractivity contribution in [3.63, 3.8) is 0 Å². The molecule has 1 rings (SSSR count). The molecule has 3 nitrogen and oxygen atoms in total. The first-order valence-corrected chi connectivity index (χ1v) is 8.77. The van der Waals surface area contributed by atoms with E-state index in [1.807, 2.05) is 6.92 Å². The molecule has 1 unspecified atom stereocenters. The average molecular weight is 327 g/mol. The summed E-state index contributed by atoms with van der Waals surface area (Å²) in [6.45, 7) is 8.19. The van der Waals surface area contributed by atoms with E-state index in [-0.39, 0.29) is 11.9 Å². The van der Waals surface area contributed by atoms with Crippen LogP contribution in [0.5, 0.6) is 0 Å². The maximum Gasteiger partial charge on any atom is 0.233 e. The van der Waals surface area contributed by atoms with Crippen molar-refractivity contribution in [1.29, 1.82) is 0 Å². The lowest BCUT2D eigenvalue weighted by Crippen LogP contribution is -2.49. The Morgan fingerprint density at radius 3 is 2.33 bits per heavy atom. The number of thiocarbonyl (C=S) groups is 1. The van der Waals surface area contributed by atoms with Crippen molar-refractivity contribution < 1.29 is 4.79 Å². The van der Waals surface area contributed by atoms with E-state index in [1.54, 1.807) is 11.3 Å². The molecule has 0 bridgehead atoms. The highest BCUT2D eigenvalue weighted by Gasteiger charge is 2.40. The van der Waals surface area contributed by atoms with E-state index in [0.29, 0.717) is 17.8 Å². The number of nitrogens with two attached hydrogens (primary N) is 1. The Labute approximate surface area is 137 Å². The van der Waals surface area contributed by atoms with Crippen LogP contribution in [0.25, 0.3) is 0 Å². The Hall–Kier alpha value is -0.940. The number of hydrogen-bond donors (Lipinski definition) is 2. The molecule has 1 aromatic rings. The Morgan fingerprint density at radius 1 is 1.38 bits per heavy atom. The summed E-state index contributed by atoms with van der Waals surface area (Å²) in [6, 6.07) is 4.12. The van der Waals surface area contributed by atoms with Crippen molar-refractivity contribution in [1.82, 2.24) is 5.32 Å². The lowest BCUT2D eigenvalue weighted by atomic mass is 9.78. The molecule has 0 radical (unpaired) electrons. The SMILES string of the molecule is CCCC(CCC)(C(=O)NC(C)c1ccc(C)s1)C(N)=S. The number of rotatable bonds is 8. The second kappa shape index (κ2) is 7.90. The molecule has 0 spiro atoms.